The minimum absolute atomic E-state index is 0.163. The van der Waals surface area contributed by atoms with Crippen molar-refractivity contribution in [3.05, 3.63) is 23.0 Å². The molecule has 33 heavy (non-hydrogen) atoms. The van der Waals surface area contributed by atoms with E-state index < -0.39 is 23.5 Å². The lowest BCUT2D eigenvalue weighted by atomic mass is 10.1. The van der Waals surface area contributed by atoms with Crippen molar-refractivity contribution >= 4 is 11.9 Å². The van der Waals surface area contributed by atoms with Crippen LogP contribution in [-0.2, 0) is 51.2 Å². The fourth-order valence-corrected chi connectivity index (χ4v) is 2.93. The SMILES string of the molecule is C#CCC(OC)(OC)C(=O)OCc1cnc(C)c(OC)c1COC(=O)C(CC#C)(OC)OC. The molecule has 10 nitrogen and oxygen atoms in total. The summed E-state index contributed by atoms with van der Waals surface area (Å²) in [6, 6.07) is 0. The highest BCUT2D eigenvalue weighted by Gasteiger charge is 2.41. The fraction of sp³-hybridized carbons (Fsp3) is 0.522. The van der Waals surface area contributed by atoms with Gasteiger partial charge in [-0.05, 0) is 6.92 Å². The van der Waals surface area contributed by atoms with Crippen LogP contribution in [0, 0.1) is 31.6 Å². The van der Waals surface area contributed by atoms with E-state index in [2.05, 4.69) is 16.8 Å². The lowest BCUT2D eigenvalue weighted by molar-refractivity contribution is -0.229. The van der Waals surface area contributed by atoms with E-state index in [9.17, 15) is 9.59 Å². The first kappa shape index (κ1) is 27.9. The first-order valence-corrected chi connectivity index (χ1v) is 9.67. The monoisotopic (exact) mass is 463 g/mol. The summed E-state index contributed by atoms with van der Waals surface area (Å²) in [7, 11) is 6.54. The summed E-state index contributed by atoms with van der Waals surface area (Å²) in [5.41, 5.74) is 1.37. The van der Waals surface area contributed by atoms with E-state index in [1.54, 1.807) is 6.92 Å². The Bertz CT molecular complexity index is 906. The first-order chi connectivity index (χ1) is 15.7. The maximum absolute atomic E-state index is 12.7. The number of nitrogens with zero attached hydrogens (tertiary/aromatic N) is 1. The number of hydrogen-bond acceptors (Lipinski definition) is 10. The Morgan fingerprint density at radius 3 is 1.73 bits per heavy atom. The van der Waals surface area contributed by atoms with Gasteiger partial charge in [0.2, 0.25) is 0 Å². The number of pyridine rings is 1. The van der Waals surface area contributed by atoms with Crippen LogP contribution in [0.25, 0.3) is 0 Å². The number of rotatable bonds is 13. The number of aryl methyl sites for hydroxylation is 1. The minimum Gasteiger partial charge on any atom is -0.494 e. The Balaban J connectivity index is 3.19. The molecule has 0 aliphatic carbocycles. The van der Waals surface area contributed by atoms with Gasteiger partial charge in [-0.25, -0.2) is 9.59 Å². The number of hydrogen-bond donors (Lipinski definition) is 0. The van der Waals surface area contributed by atoms with Crippen LogP contribution in [0.5, 0.6) is 5.75 Å². The summed E-state index contributed by atoms with van der Waals surface area (Å²) in [5, 5.41) is 0. The predicted molar refractivity (Wildman–Crippen MR) is 116 cm³/mol. The number of methoxy groups -OCH3 is 5. The molecule has 1 rings (SSSR count). The summed E-state index contributed by atoms with van der Waals surface area (Å²) >= 11 is 0. The molecule has 0 spiro atoms. The lowest BCUT2D eigenvalue weighted by Gasteiger charge is -2.27. The van der Waals surface area contributed by atoms with Gasteiger partial charge in [-0.1, -0.05) is 0 Å². The van der Waals surface area contributed by atoms with Gasteiger partial charge in [0, 0.05) is 45.8 Å². The van der Waals surface area contributed by atoms with Crippen molar-refractivity contribution in [3.63, 3.8) is 0 Å². The largest absolute Gasteiger partial charge is 0.494 e. The van der Waals surface area contributed by atoms with Crippen LogP contribution in [0.1, 0.15) is 29.7 Å². The molecule has 0 fully saturated rings. The Morgan fingerprint density at radius 1 is 0.879 bits per heavy atom. The number of ether oxygens (including phenoxy) is 7. The normalized spacial score (nSPS) is 11.3. The Morgan fingerprint density at radius 2 is 1.33 bits per heavy atom. The standard InChI is InChI=1S/C23H29NO9/c1-9-11-22(28-5,29-6)20(25)32-14-17-13-24-16(3)19(27-4)18(17)15-33-21(26)23(30-7,31-8)12-10-2/h1-2,13H,11-12,14-15H2,3-8H3. The van der Waals surface area contributed by atoms with Gasteiger partial charge in [0.15, 0.2) is 0 Å². The zero-order valence-electron chi connectivity index (χ0n) is 19.7. The van der Waals surface area contributed by atoms with E-state index in [1.165, 1.54) is 41.7 Å². The molecule has 1 heterocycles. The molecule has 0 saturated carbocycles. The van der Waals surface area contributed by atoms with Crippen molar-refractivity contribution in [3.8, 4) is 30.4 Å². The van der Waals surface area contributed by atoms with Gasteiger partial charge in [-0.2, -0.15) is 0 Å². The Kier molecular flexibility index (Phi) is 10.8. The van der Waals surface area contributed by atoms with Crippen molar-refractivity contribution < 1.29 is 42.7 Å². The van der Waals surface area contributed by atoms with Crippen LogP contribution in [0.4, 0.5) is 0 Å². The van der Waals surface area contributed by atoms with Gasteiger partial charge >= 0.3 is 11.9 Å². The molecule has 0 bridgehead atoms. The highest BCUT2D eigenvalue weighted by atomic mass is 16.7. The third-order valence-electron chi connectivity index (χ3n) is 4.93. The van der Waals surface area contributed by atoms with Crippen LogP contribution in [0.3, 0.4) is 0 Å². The maximum Gasteiger partial charge on any atom is 0.368 e. The number of carbonyl (C=O) groups excluding carboxylic acids is 2. The topological polar surface area (TPSA) is 112 Å². The fourth-order valence-electron chi connectivity index (χ4n) is 2.93. The van der Waals surface area contributed by atoms with Crippen molar-refractivity contribution in [2.75, 3.05) is 35.5 Å². The van der Waals surface area contributed by atoms with Crippen molar-refractivity contribution in [2.45, 2.75) is 44.6 Å². The zero-order chi connectivity index (χ0) is 25.1. The summed E-state index contributed by atoms with van der Waals surface area (Å²) in [6.45, 7) is 1.19. The van der Waals surface area contributed by atoms with E-state index in [-0.39, 0.29) is 26.1 Å². The molecule has 0 aliphatic rings. The highest BCUT2D eigenvalue weighted by molar-refractivity contribution is 5.79. The first-order valence-electron chi connectivity index (χ1n) is 9.67. The van der Waals surface area contributed by atoms with Crippen molar-refractivity contribution in [1.29, 1.82) is 0 Å². The molecule has 0 N–H and O–H groups in total. The summed E-state index contributed by atoms with van der Waals surface area (Å²) in [4.78, 5) is 29.5. The van der Waals surface area contributed by atoms with E-state index in [0.29, 0.717) is 22.6 Å². The van der Waals surface area contributed by atoms with Gasteiger partial charge in [0.05, 0.1) is 25.6 Å². The molecule has 10 heteroatoms. The Labute approximate surface area is 193 Å². The van der Waals surface area contributed by atoms with Crippen molar-refractivity contribution in [2.24, 2.45) is 0 Å². The minimum atomic E-state index is -1.76. The predicted octanol–water partition coefficient (Wildman–Crippen LogP) is 1.51. The molecule has 0 saturated heterocycles. The smallest absolute Gasteiger partial charge is 0.368 e. The van der Waals surface area contributed by atoms with Crippen LogP contribution < -0.4 is 4.74 Å². The highest BCUT2D eigenvalue weighted by Crippen LogP contribution is 2.28. The third kappa shape index (κ3) is 6.21. The van der Waals surface area contributed by atoms with Gasteiger partial charge in [0.1, 0.15) is 19.0 Å². The van der Waals surface area contributed by atoms with Crippen LogP contribution >= 0.6 is 0 Å². The molecular formula is C23H29NO9. The number of esters is 2. The molecular weight excluding hydrogens is 434 g/mol. The quantitative estimate of drug-likeness (QED) is 0.242. The molecule has 0 aromatic carbocycles. The van der Waals surface area contributed by atoms with Crippen molar-refractivity contribution in [1.82, 2.24) is 4.98 Å². The molecule has 0 atom stereocenters. The van der Waals surface area contributed by atoms with Crippen LogP contribution in [-0.4, -0.2) is 64.0 Å². The Hall–Kier alpha value is -3.15. The zero-order valence-corrected chi connectivity index (χ0v) is 19.7. The molecule has 0 amide bonds. The number of aromatic nitrogens is 1. The summed E-state index contributed by atoms with van der Waals surface area (Å²) < 4.78 is 36.8. The molecule has 0 aliphatic heterocycles. The van der Waals surface area contributed by atoms with E-state index in [4.69, 9.17) is 46.0 Å². The molecule has 180 valence electrons. The van der Waals surface area contributed by atoms with E-state index >= 15 is 0 Å². The molecule has 0 radical (unpaired) electrons. The second kappa shape index (κ2) is 12.8. The second-order valence-corrected chi connectivity index (χ2v) is 6.62. The number of carbonyl (C=O) groups is 2. The van der Waals surface area contributed by atoms with Gasteiger partial charge in [-0.15, -0.1) is 24.7 Å². The lowest BCUT2D eigenvalue weighted by Crippen LogP contribution is -2.44. The summed E-state index contributed by atoms with van der Waals surface area (Å²) in [6.07, 6.45) is 11.8. The number of terminal acetylenes is 2. The molecule has 0 unspecified atom stereocenters. The van der Waals surface area contributed by atoms with Crippen LogP contribution in [0.2, 0.25) is 0 Å². The molecule has 1 aromatic rings. The molecule has 1 aromatic heterocycles. The van der Waals surface area contributed by atoms with Gasteiger partial charge < -0.3 is 33.2 Å². The average molecular weight is 463 g/mol. The second-order valence-electron chi connectivity index (χ2n) is 6.62. The van der Waals surface area contributed by atoms with E-state index in [0.717, 1.165) is 0 Å². The van der Waals surface area contributed by atoms with Gasteiger partial charge in [0.25, 0.3) is 11.6 Å². The van der Waals surface area contributed by atoms with Gasteiger partial charge in [-0.3, -0.25) is 4.98 Å². The summed E-state index contributed by atoms with van der Waals surface area (Å²) in [5.74, 6) is -0.200. The average Bonchev–Trinajstić information content (AvgIpc) is 2.83. The van der Waals surface area contributed by atoms with E-state index in [1.807, 2.05) is 0 Å². The van der Waals surface area contributed by atoms with Crippen LogP contribution in [0.15, 0.2) is 6.20 Å². The third-order valence-corrected chi connectivity index (χ3v) is 4.93. The maximum atomic E-state index is 12.7.